The summed E-state index contributed by atoms with van der Waals surface area (Å²) in [6.07, 6.45) is 1.01. The molecule has 1 saturated heterocycles. The molecule has 0 bridgehead atoms. The SMILES string of the molecule is CCOC(=O)Oc1ccc(C(=O)N2CCCN(C(=O)CCc3cccc(OC)c3)CC2)cc1. The molecular formula is C25H30N2O6. The van der Waals surface area contributed by atoms with Gasteiger partial charge in [0.15, 0.2) is 0 Å². The number of hydrogen-bond acceptors (Lipinski definition) is 6. The molecule has 3 rings (SSSR count). The van der Waals surface area contributed by atoms with Gasteiger partial charge in [-0.15, -0.1) is 0 Å². The summed E-state index contributed by atoms with van der Waals surface area (Å²) < 4.78 is 15.0. The second kappa shape index (κ2) is 11.9. The lowest BCUT2D eigenvalue weighted by molar-refractivity contribution is -0.131. The average molecular weight is 455 g/mol. The van der Waals surface area contributed by atoms with Crippen LogP contribution in [0.25, 0.3) is 0 Å². The van der Waals surface area contributed by atoms with Crippen LogP contribution in [-0.4, -0.2) is 67.7 Å². The van der Waals surface area contributed by atoms with Gasteiger partial charge in [-0.25, -0.2) is 4.79 Å². The van der Waals surface area contributed by atoms with Gasteiger partial charge < -0.3 is 24.0 Å². The third-order valence-electron chi connectivity index (χ3n) is 5.46. The molecule has 33 heavy (non-hydrogen) atoms. The average Bonchev–Trinajstić information content (AvgIpc) is 3.09. The number of amides is 2. The highest BCUT2D eigenvalue weighted by Gasteiger charge is 2.23. The molecule has 1 heterocycles. The van der Waals surface area contributed by atoms with Crippen LogP contribution in [0.15, 0.2) is 48.5 Å². The largest absolute Gasteiger partial charge is 0.513 e. The lowest BCUT2D eigenvalue weighted by atomic mass is 10.1. The van der Waals surface area contributed by atoms with Gasteiger partial charge in [0.2, 0.25) is 5.91 Å². The maximum Gasteiger partial charge on any atom is 0.513 e. The van der Waals surface area contributed by atoms with Crippen molar-refractivity contribution in [2.75, 3.05) is 39.9 Å². The van der Waals surface area contributed by atoms with E-state index in [0.29, 0.717) is 50.3 Å². The van der Waals surface area contributed by atoms with Crippen molar-refractivity contribution in [2.45, 2.75) is 26.2 Å². The van der Waals surface area contributed by atoms with Gasteiger partial charge in [-0.1, -0.05) is 12.1 Å². The second-order valence-electron chi connectivity index (χ2n) is 7.69. The molecule has 0 spiro atoms. The predicted octanol–water partition coefficient (Wildman–Crippen LogP) is 3.54. The first-order valence-electron chi connectivity index (χ1n) is 11.1. The summed E-state index contributed by atoms with van der Waals surface area (Å²) in [5.41, 5.74) is 1.56. The Morgan fingerprint density at radius 3 is 2.36 bits per heavy atom. The fourth-order valence-corrected chi connectivity index (χ4v) is 3.70. The summed E-state index contributed by atoms with van der Waals surface area (Å²) in [5, 5.41) is 0. The number of aryl methyl sites for hydroxylation is 1. The summed E-state index contributed by atoms with van der Waals surface area (Å²) in [7, 11) is 1.63. The molecule has 8 nitrogen and oxygen atoms in total. The van der Waals surface area contributed by atoms with Crippen molar-refractivity contribution in [1.82, 2.24) is 9.80 Å². The van der Waals surface area contributed by atoms with Crippen molar-refractivity contribution < 1.29 is 28.6 Å². The van der Waals surface area contributed by atoms with E-state index < -0.39 is 6.16 Å². The Kier molecular flexibility index (Phi) is 8.69. The van der Waals surface area contributed by atoms with Gasteiger partial charge in [-0.3, -0.25) is 9.59 Å². The third kappa shape index (κ3) is 6.97. The van der Waals surface area contributed by atoms with Gasteiger partial charge in [-0.05, 0) is 61.7 Å². The number of carbonyl (C=O) groups is 3. The Morgan fingerprint density at radius 2 is 1.64 bits per heavy atom. The van der Waals surface area contributed by atoms with Crippen LogP contribution < -0.4 is 9.47 Å². The highest BCUT2D eigenvalue weighted by Crippen LogP contribution is 2.17. The van der Waals surface area contributed by atoms with E-state index in [-0.39, 0.29) is 18.4 Å². The van der Waals surface area contributed by atoms with Crippen LogP contribution in [0.2, 0.25) is 0 Å². The molecule has 0 radical (unpaired) electrons. The molecule has 8 heteroatoms. The van der Waals surface area contributed by atoms with E-state index in [2.05, 4.69) is 0 Å². The van der Waals surface area contributed by atoms with E-state index in [1.165, 1.54) is 0 Å². The Labute approximate surface area is 194 Å². The van der Waals surface area contributed by atoms with E-state index in [9.17, 15) is 14.4 Å². The molecule has 2 aromatic rings. The Bertz CT molecular complexity index is 960. The molecule has 0 atom stereocenters. The summed E-state index contributed by atoms with van der Waals surface area (Å²) in [4.78, 5) is 40.6. The third-order valence-corrected chi connectivity index (χ3v) is 5.46. The van der Waals surface area contributed by atoms with Crippen molar-refractivity contribution in [3.05, 3.63) is 59.7 Å². The predicted molar refractivity (Wildman–Crippen MR) is 123 cm³/mol. The smallest absolute Gasteiger partial charge is 0.497 e. The zero-order valence-corrected chi connectivity index (χ0v) is 19.1. The number of carbonyl (C=O) groups excluding carboxylic acids is 3. The first-order chi connectivity index (χ1) is 16.0. The van der Waals surface area contributed by atoms with E-state index in [0.717, 1.165) is 17.7 Å². The van der Waals surface area contributed by atoms with Crippen molar-refractivity contribution in [3.8, 4) is 11.5 Å². The summed E-state index contributed by atoms with van der Waals surface area (Å²) in [5.74, 6) is 1.08. The van der Waals surface area contributed by atoms with Crippen LogP contribution in [-0.2, 0) is 16.0 Å². The summed E-state index contributed by atoms with van der Waals surface area (Å²) >= 11 is 0. The molecule has 0 aromatic heterocycles. The first kappa shape index (κ1) is 24.1. The zero-order chi connectivity index (χ0) is 23.6. The molecule has 1 fully saturated rings. The first-order valence-corrected chi connectivity index (χ1v) is 11.1. The molecule has 0 saturated carbocycles. The minimum Gasteiger partial charge on any atom is -0.497 e. The maximum absolute atomic E-state index is 12.9. The van der Waals surface area contributed by atoms with Crippen LogP contribution in [0, 0.1) is 0 Å². The summed E-state index contributed by atoms with van der Waals surface area (Å²) in [6.45, 7) is 4.12. The highest BCUT2D eigenvalue weighted by atomic mass is 16.7. The quantitative estimate of drug-likeness (QED) is 0.470. The molecule has 2 aromatic carbocycles. The topological polar surface area (TPSA) is 85.4 Å². The molecule has 0 N–H and O–H groups in total. The van der Waals surface area contributed by atoms with Crippen molar-refractivity contribution in [2.24, 2.45) is 0 Å². The Morgan fingerprint density at radius 1 is 0.909 bits per heavy atom. The van der Waals surface area contributed by atoms with Crippen molar-refractivity contribution >= 4 is 18.0 Å². The Balaban J connectivity index is 1.50. The molecule has 1 aliphatic rings. The van der Waals surface area contributed by atoms with Gasteiger partial charge in [0.1, 0.15) is 11.5 Å². The van der Waals surface area contributed by atoms with Gasteiger partial charge in [-0.2, -0.15) is 0 Å². The van der Waals surface area contributed by atoms with Gasteiger partial charge in [0.25, 0.3) is 5.91 Å². The lowest BCUT2D eigenvalue weighted by Crippen LogP contribution is -2.37. The van der Waals surface area contributed by atoms with Crippen LogP contribution >= 0.6 is 0 Å². The lowest BCUT2D eigenvalue weighted by Gasteiger charge is -2.22. The standard InChI is InChI=1S/C25H30N2O6/c1-3-32-25(30)33-21-11-9-20(10-12-21)24(29)27-15-5-14-26(16-17-27)23(28)13-8-19-6-4-7-22(18-19)31-2/h4,6-7,9-12,18H,3,5,8,13-17H2,1-2H3. The van der Waals surface area contributed by atoms with Crippen molar-refractivity contribution in [1.29, 1.82) is 0 Å². The van der Waals surface area contributed by atoms with Crippen LogP contribution in [0.3, 0.4) is 0 Å². The number of hydrogen-bond donors (Lipinski definition) is 0. The Hall–Kier alpha value is -3.55. The molecular weight excluding hydrogens is 424 g/mol. The monoisotopic (exact) mass is 454 g/mol. The number of ether oxygens (including phenoxy) is 3. The van der Waals surface area contributed by atoms with Crippen molar-refractivity contribution in [3.63, 3.8) is 0 Å². The fraction of sp³-hybridized carbons (Fsp3) is 0.400. The zero-order valence-electron chi connectivity index (χ0n) is 19.1. The minimum atomic E-state index is -0.778. The van der Waals surface area contributed by atoms with Gasteiger partial charge >= 0.3 is 6.16 Å². The number of nitrogens with zero attached hydrogens (tertiary/aromatic N) is 2. The van der Waals surface area contributed by atoms with E-state index in [1.807, 2.05) is 29.2 Å². The number of benzene rings is 2. The van der Waals surface area contributed by atoms with Gasteiger partial charge in [0.05, 0.1) is 13.7 Å². The molecule has 2 amide bonds. The molecule has 0 aliphatic carbocycles. The maximum atomic E-state index is 12.9. The van der Waals surface area contributed by atoms with Crippen LogP contribution in [0.5, 0.6) is 11.5 Å². The highest BCUT2D eigenvalue weighted by molar-refractivity contribution is 5.94. The molecule has 0 unspecified atom stereocenters. The van der Waals surface area contributed by atoms with E-state index in [1.54, 1.807) is 43.2 Å². The fourth-order valence-electron chi connectivity index (χ4n) is 3.70. The van der Waals surface area contributed by atoms with Crippen LogP contribution in [0.1, 0.15) is 35.7 Å². The van der Waals surface area contributed by atoms with Gasteiger partial charge in [0, 0.05) is 38.2 Å². The molecule has 176 valence electrons. The van der Waals surface area contributed by atoms with E-state index in [4.69, 9.17) is 14.2 Å². The molecule has 1 aliphatic heterocycles. The number of methoxy groups -OCH3 is 1. The van der Waals surface area contributed by atoms with E-state index >= 15 is 0 Å². The summed E-state index contributed by atoms with van der Waals surface area (Å²) in [6, 6.07) is 14.1. The number of rotatable bonds is 7. The second-order valence-corrected chi connectivity index (χ2v) is 7.69. The normalized spacial score (nSPS) is 13.8. The van der Waals surface area contributed by atoms with Crippen LogP contribution in [0.4, 0.5) is 4.79 Å². The minimum absolute atomic E-state index is 0.0904.